The van der Waals surface area contributed by atoms with E-state index in [9.17, 15) is 13.6 Å². The van der Waals surface area contributed by atoms with E-state index in [1.54, 1.807) is 0 Å². The monoisotopic (exact) mass is 270 g/mol. The minimum Gasteiger partial charge on any atom is -0.494 e. The number of carbonyl (C=O) groups is 1. The van der Waals surface area contributed by atoms with E-state index in [1.807, 2.05) is 13.8 Å². The third-order valence-electron chi connectivity index (χ3n) is 3.14. The lowest BCUT2D eigenvalue weighted by Crippen LogP contribution is -2.15. The molecule has 0 spiro atoms. The molecule has 0 atom stereocenters. The second kappa shape index (κ2) is 7.22. The van der Waals surface area contributed by atoms with E-state index in [0.717, 1.165) is 31.7 Å². The van der Waals surface area contributed by atoms with Gasteiger partial charge >= 0.3 is 0 Å². The molecule has 0 saturated heterocycles. The number of methoxy groups -OCH3 is 1. The maximum absolute atomic E-state index is 13.4. The van der Waals surface area contributed by atoms with Crippen LogP contribution < -0.4 is 4.74 Å². The molecule has 0 saturated carbocycles. The van der Waals surface area contributed by atoms with Crippen molar-refractivity contribution in [3.63, 3.8) is 0 Å². The fourth-order valence-corrected chi connectivity index (χ4v) is 2.19. The predicted molar refractivity (Wildman–Crippen MR) is 70.5 cm³/mol. The highest BCUT2D eigenvalue weighted by Gasteiger charge is 2.21. The Balaban J connectivity index is 3.07. The molecule has 19 heavy (non-hydrogen) atoms. The SMILES string of the molecule is CCCC(CCC)C(=O)c1cc(F)c(F)c(OC)c1. The Bertz CT molecular complexity index is 438. The molecule has 0 unspecified atom stereocenters. The molecule has 1 aromatic rings. The molecular weight excluding hydrogens is 250 g/mol. The van der Waals surface area contributed by atoms with Crippen molar-refractivity contribution < 1.29 is 18.3 Å². The van der Waals surface area contributed by atoms with Gasteiger partial charge in [0.15, 0.2) is 17.3 Å². The molecule has 0 radical (unpaired) electrons. The number of halogens is 2. The summed E-state index contributed by atoms with van der Waals surface area (Å²) in [5, 5.41) is 0. The second-order valence-corrected chi connectivity index (χ2v) is 4.61. The van der Waals surface area contributed by atoms with Crippen LogP contribution in [0, 0.1) is 17.6 Å². The van der Waals surface area contributed by atoms with Crippen molar-refractivity contribution in [1.82, 2.24) is 0 Å². The lowest BCUT2D eigenvalue weighted by atomic mass is 9.89. The molecule has 0 aliphatic heterocycles. The van der Waals surface area contributed by atoms with Gasteiger partial charge in [-0.1, -0.05) is 26.7 Å². The summed E-state index contributed by atoms with van der Waals surface area (Å²) >= 11 is 0. The van der Waals surface area contributed by atoms with E-state index in [-0.39, 0.29) is 23.0 Å². The van der Waals surface area contributed by atoms with Gasteiger partial charge < -0.3 is 4.74 Å². The number of rotatable bonds is 7. The molecule has 1 aromatic carbocycles. The normalized spacial score (nSPS) is 10.8. The van der Waals surface area contributed by atoms with Gasteiger partial charge in [-0.3, -0.25) is 4.79 Å². The van der Waals surface area contributed by atoms with Crippen LogP contribution >= 0.6 is 0 Å². The topological polar surface area (TPSA) is 26.3 Å². The number of benzene rings is 1. The summed E-state index contributed by atoms with van der Waals surface area (Å²) in [7, 11) is 1.25. The molecule has 0 heterocycles. The maximum atomic E-state index is 13.4. The number of ether oxygens (including phenoxy) is 1. The molecule has 0 amide bonds. The lowest BCUT2D eigenvalue weighted by Gasteiger charge is -2.15. The Morgan fingerprint density at radius 1 is 1.21 bits per heavy atom. The third-order valence-corrected chi connectivity index (χ3v) is 3.14. The zero-order valence-corrected chi connectivity index (χ0v) is 11.6. The first-order valence-electron chi connectivity index (χ1n) is 6.62. The van der Waals surface area contributed by atoms with Crippen molar-refractivity contribution in [1.29, 1.82) is 0 Å². The van der Waals surface area contributed by atoms with E-state index < -0.39 is 11.6 Å². The molecule has 0 aliphatic carbocycles. The van der Waals surface area contributed by atoms with Gasteiger partial charge in [0.1, 0.15) is 0 Å². The Labute approximate surface area is 112 Å². The van der Waals surface area contributed by atoms with Crippen LogP contribution in [0.1, 0.15) is 49.9 Å². The Morgan fingerprint density at radius 3 is 2.26 bits per heavy atom. The first kappa shape index (κ1) is 15.6. The Morgan fingerprint density at radius 2 is 1.79 bits per heavy atom. The van der Waals surface area contributed by atoms with Crippen LogP contribution in [0.3, 0.4) is 0 Å². The summed E-state index contributed by atoms with van der Waals surface area (Å²) in [6.07, 6.45) is 3.29. The quantitative estimate of drug-likeness (QED) is 0.687. The zero-order valence-electron chi connectivity index (χ0n) is 11.6. The summed E-state index contributed by atoms with van der Waals surface area (Å²) < 4.78 is 31.5. The highest BCUT2D eigenvalue weighted by atomic mass is 19.2. The van der Waals surface area contributed by atoms with Crippen molar-refractivity contribution >= 4 is 5.78 Å². The summed E-state index contributed by atoms with van der Waals surface area (Å²) in [4.78, 5) is 12.3. The molecule has 0 N–H and O–H groups in total. The number of hydrogen-bond acceptors (Lipinski definition) is 2. The van der Waals surface area contributed by atoms with Gasteiger partial charge in [-0.15, -0.1) is 0 Å². The standard InChI is InChI=1S/C15H20F2O2/c1-4-6-10(7-5-2)15(18)11-8-12(16)14(17)13(9-11)19-3/h8-10H,4-7H2,1-3H3. The summed E-state index contributed by atoms with van der Waals surface area (Å²) in [6.45, 7) is 4.00. The van der Waals surface area contributed by atoms with Crippen molar-refractivity contribution in [2.75, 3.05) is 7.11 Å². The molecule has 0 aromatic heterocycles. The summed E-state index contributed by atoms with van der Waals surface area (Å²) in [6, 6.07) is 2.23. The Kier molecular flexibility index (Phi) is 5.93. The van der Waals surface area contributed by atoms with Crippen molar-refractivity contribution in [3.8, 4) is 5.75 Å². The fourth-order valence-electron chi connectivity index (χ4n) is 2.19. The van der Waals surface area contributed by atoms with E-state index >= 15 is 0 Å². The van der Waals surface area contributed by atoms with Crippen LogP contribution in [-0.2, 0) is 0 Å². The highest BCUT2D eigenvalue weighted by molar-refractivity contribution is 5.98. The lowest BCUT2D eigenvalue weighted by molar-refractivity contribution is 0.0904. The average Bonchev–Trinajstić information content (AvgIpc) is 2.40. The average molecular weight is 270 g/mol. The summed E-state index contributed by atoms with van der Waals surface area (Å²) in [5.74, 6) is -2.60. The number of carbonyl (C=O) groups excluding carboxylic acids is 1. The highest BCUT2D eigenvalue weighted by Crippen LogP contribution is 2.26. The predicted octanol–water partition coefficient (Wildman–Crippen LogP) is 4.37. The number of ketones is 1. The van der Waals surface area contributed by atoms with Crippen LogP contribution in [0.4, 0.5) is 8.78 Å². The number of hydrogen-bond donors (Lipinski definition) is 0. The van der Waals surface area contributed by atoms with E-state index in [2.05, 4.69) is 0 Å². The van der Waals surface area contributed by atoms with Gasteiger partial charge in [0.05, 0.1) is 7.11 Å². The van der Waals surface area contributed by atoms with E-state index in [1.165, 1.54) is 13.2 Å². The van der Waals surface area contributed by atoms with E-state index in [4.69, 9.17) is 4.74 Å². The number of Topliss-reactive ketones (excluding diaryl/α,β-unsaturated/α-hetero) is 1. The third kappa shape index (κ3) is 3.75. The minimum absolute atomic E-state index is 0.135. The van der Waals surface area contributed by atoms with Crippen LogP contribution in [0.25, 0.3) is 0 Å². The summed E-state index contributed by atoms with van der Waals surface area (Å²) in [5.41, 5.74) is 0.183. The van der Waals surface area contributed by atoms with Crippen LogP contribution in [0.15, 0.2) is 12.1 Å². The Hall–Kier alpha value is -1.45. The smallest absolute Gasteiger partial charge is 0.200 e. The van der Waals surface area contributed by atoms with Gasteiger partial charge in [0.25, 0.3) is 0 Å². The first-order valence-corrected chi connectivity index (χ1v) is 6.62. The molecule has 4 heteroatoms. The molecule has 0 aliphatic rings. The molecule has 106 valence electrons. The molecular formula is C15H20F2O2. The van der Waals surface area contributed by atoms with Crippen molar-refractivity contribution in [2.24, 2.45) is 5.92 Å². The molecule has 0 bridgehead atoms. The van der Waals surface area contributed by atoms with Gasteiger partial charge in [-0.2, -0.15) is 4.39 Å². The van der Waals surface area contributed by atoms with Gasteiger partial charge in [0.2, 0.25) is 5.82 Å². The minimum atomic E-state index is -1.05. The zero-order chi connectivity index (χ0) is 14.4. The van der Waals surface area contributed by atoms with Crippen molar-refractivity contribution in [3.05, 3.63) is 29.3 Å². The van der Waals surface area contributed by atoms with Crippen LogP contribution in [0.5, 0.6) is 5.75 Å². The maximum Gasteiger partial charge on any atom is 0.200 e. The van der Waals surface area contributed by atoms with E-state index in [0.29, 0.717) is 0 Å². The first-order chi connectivity index (χ1) is 9.04. The fraction of sp³-hybridized carbons (Fsp3) is 0.533. The second-order valence-electron chi connectivity index (χ2n) is 4.61. The molecule has 2 nitrogen and oxygen atoms in total. The van der Waals surface area contributed by atoms with Crippen LogP contribution in [0.2, 0.25) is 0 Å². The van der Waals surface area contributed by atoms with Gasteiger partial charge in [-0.05, 0) is 25.0 Å². The van der Waals surface area contributed by atoms with Crippen molar-refractivity contribution in [2.45, 2.75) is 39.5 Å². The van der Waals surface area contributed by atoms with Crippen LogP contribution in [-0.4, -0.2) is 12.9 Å². The molecule has 0 fully saturated rings. The van der Waals surface area contributed by atoms with Gasteiger partial charge in [0, 0.05) is 11.5 Å². The largest absolute Gasteiger partial charge is 0.494 e. The molecule has 1 rings (SSSR count). The van der Waals surface area contributed by atoms with Gasteiger partial charge in [-0.25, -0.2) is 4.39 Å².